The molecule has 0 fully saturated rings. The summed E-state index contributed by atoms with van der Waals surface area (Å²) in [5, 5.41) is 0.883. The van der Waals surface area contributed by atoms with E-state index in [4.69, 9.17) is 0 Å². The van der Waals surface area contributed by atoms with E-state index in [1.54, 1.807) is 17.8 Å². The number of pyridine rings is 1. The fourth-order valence-electron chi connectivity index (χ4n) is 1.31. The van der Waals surface area contributed by atoms with Crippen LogP contribution in [0.15, 0.2) is 53.6 Å². The predicted octanol–water partition coefficient (Wildman–Crippen LogP) is 3.19. The van der Waals surface area contributed by atoms with E-state index >= 15 is 0 Å². The highest BCUT2D eigenvalue weighted by atomic mass is 32.2. The minimum Gasteiger partial charge on any atom is -0.296 e. The fraction of sp³-hybridized carbons (Fsp3) is 0.0769. The number of hydrogen-bond donors (Lipinski definition) is 0. The Morgan fingerprint density at radius 1 is 1.06 bits per heavy atom. The number of nitrogens with zero attached hydrogens (tertiary/aromatic N) is 1. The van der Waals surface area contributed by atoms with E-state index in [0.29, 0.717) is 5.69 Å². The molecule has 0 aliphatic heterocycles. The van der Waals surface area contributed by atoms with Gasteiger partial charge in [0.1, 0.15) is 5.69 Å². The van der Waals surface area contributed by atoms with Crippen LogP contribution in [0.2, 0.25) is 0 Å². The first kappa shape index (κ1) is 10.9. The lowest BCUT2D eigenvalue weighted by Crippen LogP contribution is -1.88. The Hall–Kier alpha value is -1.61. The van der Waals surface area contributed by atoms with E-state index in [9.17, 15) is 4.79 Å². The molecule has 0 radical (unpaired) electrons. The Labute approximate surface area is 98.7 Å². The number of carbonyl (C=O) groups excluding carboxylic acids is 1. The lowest BCUT2D eigenvalue weighted by atomic mass is 10.2. The van der Waals surface area contributed by atoms with Gasteiger partial charge in [0.05, 0.1) is 5.03 Å². The maximum atomic E-state index is 10.6. The molecule has 0 aliphatic rings. The number of rotatable bonds is 4. The van der Waals surface area contributed by atoms with E-state index in [1.807, 2.05) is 30.3 Å². The van der Waals surface area contributed by atoms with Gasteiger partial charge in [-0.2, -0.15) is 0 Å². The van der Waals surface area contributed by atoms with Crippen LogP contribution < -0.4 is 0 Å². The van der Waals surface area contributed by atoms with Crippen molar-refractivity contribution in [3.05, 3.63) is 59.8 Å². The second-order valence-corrected chi connectivity index (χ2v) is 4.29. The molecule has 0 aliphatic carbocycles. The van der Waals surface area contributed by atoms with Crippen LogP contribution in [0.1, 0.15) is 16.1 Å². The molecule has 0 saturated heterocycles. The summed E-state index contributed by atoms with van der Waals surface area (Å²) in [6, 6.07) is 15.7. The Balaban J connectivity index is 2.02. The lowest BCUT2D eigenvalue weighted by Gasteiger charge is -2.01. The fourth-order valence-corrected chi connectivity index (χ4v) is 2.16. The zero-order chi connectivity index (χ0) is 11.2. The zero-order valence-electron chi connectivity index (χ0n) is 8.67. The number of aromatic nitrogens is 1. The first-order valence-corrected chi connectivity index (χ1v) is 5.96. The molecule has 80 valence electrons. The van der Waals surface area contributed by atoms with Crippen LogP contribution in [0.3, 0.4) is 0 Å². The first-order valence-electron chi connectivity index (χ1n) is 4.97. The van der Waals surface area contributed by atoms with Crippen molar-refractivity contribution in [3.63, 3.8) is 0 Å². The van der Waals surface area contributed by atoms with Crippen molar-refractivity contribution >= 4 is 18.0 Å². The molecule has 0 saturated carbocycles. The lowest BCUT2D eigenvalue weighted by molar-refractivity contribution is 0.111. The van der Waals surface area contributed by atoms with Gasteiger partial charge in [-0.3, -0.25) is 4.79 Å². The van der Waals surface area contributed by atoms with E-state index < -0.39 is 0 Å². The third-order valence-electron chi connectivity index (χ3n) is 2.10. The monoisotopic (exact) mass is 229 g/mol. The highest BCUT2D eigenvalue weighted by Crippen LogP contribution is 2.20. The Bertz CT molecular complexity index is 470. The maximum Gasteiger partial charge on any atom is 0.168 e. The number of benzene rings is 1. The third-order valence-corrected chi connectivity index (χ3v) is 3.10. The van der Waals surface area contributed by atoms with Gasteiger partial charge >= 0.3 is 0 Å². The Morgan fingerprint density at radius 3 is 2.62 bits per heavy atom. The summed E-state index contributed by atoms with van der Waals surface area (Å²) < 4.78 is 0. The molecule has 3 heteroatoms. The molecule has 1 aromatic heterocycles. The van der Waals surface area contributed by atoms with Gasteiger partial charge < -0.3 is 0 Å². The van der Waals surface area contributed by atoms with Gasteiger partial charge in [-0.05, 0) is 17.7 Å². The number of thioether (sulfide) groups is 1. The van der Waals surface area contributed by atoms with Gasteiger partial charge in [-0.25, -0.2) is 4.98 Å². The minimum atomic E-state index is 0.484. The van der Waals surface area contributed by atoms with Crippen molar-refractivity contribution < 1.29 is 4.79 Å². The molecular formula is C13H11NOS. The normalized spacial score (nSPS) is 10.0. The van der Waals surface area contributed by atoms with Crippen molar-refractivity contribution in [1.82, 2.24) is 4.98 Å². The van der Waals surface area contributed by atoms with E-state index in [2.05, 4.69) is 17.1 Å². The van der Waals surface area contributed by atoms with Crippen molar-refractivity contribution in [2.24, 2.45) is 0 Å². The largest absolute Gasteiger partial charge is 0.296 e. The van der Waals surface area contributed by atoms with Gasteiger partial charge in [0.15, 0.2) is 6.29 Å². The standard InChI is InChI=1S/C13H11NOS/c15-9-12-7-4-8-13(14-12)16-10-11-5-2-1-3-6-11/h1-9H,10H2. The number of carbonyl (C=O) groups is 1. The van der Waals surface area contributed by atoms with Crippen LogP contribution >= 0.6 is 11.8 Å². The summed E-state index contributed by atoms with van der Waals surface area (Å²) in [7, 11) is 0. The molecule has 0 amide bonds. The van der Waals surface area contributed by atoms with E-state index in [-0.39, 0.29) is 0 Å². The smallest absolute Gasteiger partial charge is 0.168 e. The molecule has 1 heterocycles. The van der Waals surface area contributed by atoms with E-state index in [1.165, 1.54) is 5.56 Å². The predicted molar refractivity (Wildman–Crippen MR) is 65.6 cm³/mol. The molecule has 0 atom stereocenters. The molecule has 2 rings (SSSR count). The first-order chi connectivity index (χ1) is 7.88. The summed E-state index contributed by atoms with van der Waals surface area (Å²) in [5.41, 5.74) is 1.74. The van der Waals surface area contributed by atoms with Gasteiger partial charge in [0, 0.05) is 5.75 Å². The molecule has 2 nitrogen and oxygen atoms in total. The number of aldehydes is 1. The van der Waals surface area contributed by atoms with Gasteiger partial charge in [-0.1, -0.05) is 36.4 Å². The average molecular weight is 229 g/mol. The average Bonchev–Trinajstić information content (AvgIpc) is 2.38. The molecule has 2 aromatic rings. The van der Waals surface area contributed by atoms with E-state index in [0.717, 1.165) is 17.1 Å². The zero-order valence-corrected chi connectivity index (χ0v) is 9.48. The second kappa shape index (κ2) is 5.47. The summed E-state index contributed by atoms with van der Waals surface area (Å²) in [6.45, 7) is 0. The second-order valence-electron chi connectivity index (χ2n) is 3.29. The summed E-state index contributed by atoms with van der Waals surface area (Å²) in [5.74, 6) is 0.871. The van der Waals surface area contributed by atoms with Crippen LogP contribution in [-0.4, -0.2) is 11.3 Å². The molecule has 0 spiro atoms. The Morgan fingerprint density at radius 2 is 1.88 bits per heavy atom. The molecular weight excluding hydrogens is 218 g/mol. The molecule has 0 bridgehead atoms. The minimum absolute atomic E-state index is 0.484. The highest BCUT2D eigenvalue weighted by Gasteiger charge is 1.98. The quantitative estimate of drug-likeness (QED) is 0.595. The van der Waals surface area contributed by atoms with Crippen LogP contribution in [0.4, 0.5) is 0 Å². The van der Waals surface area contributed by atoms with Gasteiger partial charge in [0.25, 0.3) is 0 Å². The van der Waals surface area contributed by atoms with Crippen molar-refractivity contribution in [2.75, 3.05) is 0 Å². The summed E-state index contributed by atoms with van der Waals surface area (Å²) >= 11 is 1.63. The SMILES string of the molecule is O=Cc1cccc(SCc2ccccc2)n1. The van der Waals surface area contributed by atoms with Crippen molar-refractivity contribution in [3.8, 4) is 0 Å². The van der Waals surface area contributed by atoms with Crippen molar-refractivity contribution in [1.29, 1.82) is 0 Å². The van der Waals surface area contributed by atoms with Crippen LogP contribution in [-0.2, 0) is 5.75 Å². The Kier molecular flexibility index (Phi) is 3.72. The van der Waals surface area contributed by atoms with Crippen LogP contribution in [0.5, 0.6) is 0 Å². The molecule has 1 aromatic carbocycles. The van der Waals surface area contributed by atoms with Gasteiger partial charge in [0.2, 0.25) is 0 Å². The van der Waals surface area contributed by atoms with Gasteiger partial charge in [-0.15, -0.1) is 11.8 Å². The summed E-state index contributed by atoms with van der Waals surface area (Å²) in [6.07, 6.45) is 0.770. The van der Waals surface area contributed by atoms with Crippen LogP contribution in [0, 0.1) is 0 Å². The maximum absolute atomic E-state index is 10.6. The summed E-state index contributed by atoms with van der Waals surface area (Å²) in [4.78, 5) is 14.8. The van der Waals surface area contributed by atoms with Crippen molar-refractivity contribution in [2.45, 2.75) is 10.8 Å². The number of hydrogen-bond acceptors (Lipinski definition) is 3. The molecule has 16 heavy (non-hydrogen) atoms. The third kappa shape index (κ3) is 2.94. The van der Waals surface area contributed by atoms with Crippen LogP contribution in [0.25, 0.3) is 0 Å². The topological polar surface area (TPSA) is 30.0 Å². The highest BCUT2D eigenvalue weighted by molar-refractivity contribution is 7.98. The molecule has 0 N–H and O–H groups in total. The molecule has 0 unspecified atom stereocenters.